The van der Waals surface area contributed by atoms with Crippen molar-refractivity contribution in [3.05, 3.63) is 55.6 Å². The molecule has 0 atom stereocenters. The fraction of sp³-hybridized carbons (Fsp3) is 0.364. The van der Waals surface area contributed by atoms with E-state index in [2.05, 4.69) is 9.97 Å². The van der Waals surface area contributed by atoms with E-state index in [4.69, 9.17) is 9.47 Å². The third-order valence-corrected chi connectivity index (χ3v) is 4.71. The average Bonchev–Trinajstić information content (AvgIpc) is 2.66. The number of hydrogen-bond donors (Lipinski definition) is 2. The van der Waals surface area contributed by atoms with E-state index in [1.54, 1.807) is 19.9 Å². The van der Waals surface area contributed by atoms with Gasteiger partial charge in [-0.3, -0.25) is 9.59 Å². The molecule has 0 saturated carbocycles. The second kappa shape index (κ2) is 7.78. The zero-order valence-electron chi connectivity index (χ0n) is 17.6. The zero-order chi connectivity index (χ0) is 22.2. The highest BCUT2D eigenvalue weighted by Crippen LogP contribution is 2.32. The molecular formula is C22H24N2O6. The summed E-state index contributed by atoms with van der Waals surface area (Å²) < 4.78 is 9.99. The van der Waals surface area contributed by atoms with E-state index in [-0.39, 0.29) is 40.9 Å². The van der Waals surface area contributed by atoms with Gasteiger partial charge in [-0.15, -0.1) is 0 Å². The number of aromatic amines is 2. The van der Waals surface area contributed by atoms with Gasteiger partial charge < -0.3 is 19.4 Å². The van der Waals surface area contributed by atoms with Crippen LogP contribution in [0.3, 0.4) is 0 Å². The first kappa shape index (κ1) is 21.3. The van der Waals surface area contributed by atoms with Crippen molar-refractivity contribution < 1.29 is 19.1 Å². The Morgan fingerprint density at radius 2 is 1.33 bits per heavy atom. The molecule has 1 aromatic carbocycles. The standard InChI is InChI=1S/C22H24N2O6/c1-6-29-20(27)13-9-15(25)11-8-12(22(3,4)5)19-17(18(11)23-13)16(26)10-14(24-19)21(28)30-7-2/h8-10H,6-7H2,1-5H3,(H,23,25)(H,24,26). The van der Waals surface area contributed by atoms with Crippen molar-refractivity contribution in [3.63, 3.8) is 0 Å². The molecule has 0 spiro atoms. The van der Waals surface area contributed by atoms with Crippen LogP contribution >= 0.6 is 0 Å². The van der Waals surface area contributed by atoms with Gasteiger partial charge in [0.05, 0.1) is 29.6 Å². The third-order valence-electron chi connectivity index (χ3n) is 4.71. The van der Waals surface area contributed by atoms with Crippen LogP contribution < -0.4 is 10.9 Å². The Kier molecular flexibility index (Phi) is 5.52. The number of benzene rings is 1. The number of hydrogen-bond acceptors (Lipinski definition) is 6. The van der Waals surface area contributed by atoms with Gasteiger partial charge in [-0.2, -0.15) is 0 Å². The van der Waals surface area contributed by atoms with Crippen molar-refractivity contribution in [1.29, 1.82) is 0 Å². The lowest BCUT2D eigenvalue weighted by atomic mass is 9.84. The zero-order valence-corrected chi connectivity index (χ0v) is 17.6. The Hall–Kier alpha value is -3.42. The highest BCUT2D eigenvalue weighted by atomic mass is 16.5. The number of fused-ring (bicyclic) bond motifs is 3. The molecule has 0 unspecified atom stereocenters. The summed E-state index contributed by atoms with van der Waals surface area (Å²) in [5, 5.41) is 0.462. The molecule has 0 saturated heterocycles. The number of ether oxygens (including phenoxy) is 2. The number of rotatable bonds is 4. The topological polar surface area (TPSA) is 118 Å². The number of aromatic nitrogens is 2. The van der Waals surface area contributed by atoms with Gasteiger partial charge in [-0.25, -0.2) is 9.59 Å². The van der Waals surface area contributed by atoms with Crippen molar-refractivity contribution >= 4 is 33.7 Å². The Labute approximate surface area is 172 Å². The highest BCUT2D eigenvalue weighted by molar-refractivity contribution is 6.07. The smallest absolute Gasteiger partial charge is 0.354 e. The van der Waals surface area contributed by atoms with Gasteiger partial charge in [0.15, 0.2) is 10.9 Å². The second-order valence-corrected chi connectivity index (χ2v) is 7.88. The molecule has 3 rings (SSSR count). The molecule has 0 aliphatic heterocycles. The van der Waals surface area contributed by atoms with Crippen LogP contribution in [0.25, 0.3) is 21.8 Å². The van der Waals surface area contributed by atoms with Crippen LogP contribution in [0, 0.1) is 0 Å². The third kappa shape index (κ3) is 3.72. The summed E-state index contributed by atoms with van der Waals surface area (Å²) in [5.74, 6) is -1.34. The fourth-order valence-electron chi connectivity index (χ4n) is 3.37. The monoisotopic (exact) mass is 412 g/mol. The van der Waals surface area contributed by atoms with Crippen LogP contribution in [-0.4, -0.2) is 35.1 Å². The Bertz CT molecular complexity index is 1280. The minimum Gasteiger partial charge on any atom is -0.461 e. The molecule has 158 valence electrons. The summed E-state index contributed by atoms with van der Waals surface area (Å²) in [6.07, 6.45) is 0. The quantitative estimate of drug-likeness (QED) is 0.502. The van der Waals surface area contributed by atoms with Gasteiger partial charge >= 0.3 is 11.9 Å². The van der Waals surface area contributed by atoms with Gasteiger partial charge in [0.25, 0.3) is 0 Å². The molecule has 2 aromatic heterocycles. The number of carbonyl (C=O) groups is 2. The summed E-state index contributed by atoms with van der Waals surface area (Å²) in [6, 6.07) is 3.98. The first-order valence-electron chi connectivity index (χ1n) is 9.70. The van der Waals surface area contributed by atoms with Crippen molar-refractivity contribution in [2.45, 2.75) is 40.0 Å². The van der Waals surface area contributed by atoms with Crippen molar-refractivity contribution in [3.8, 4) is 0 Å². The number of carbonyl (C=O) groups excluding carboxylic acids is 2. The van der Waals surface area contributed by atoms with Crippen LogP contribution in [0.5, 0.6) is 0 Å². The van der Waals surface area contributed by atoms with Crippen molar-refractivity contribution in [1.82, 2.24) is 9.97 Å². The molecule has 2 heterocycles. The molecule has 0 radical (unpaired) electrons. The highest BCUT2D eigenvalue weighted by Gasteiger charge is 2.24. The van der Waals surface area contributed by atoms with Gasteiger partial charge in [0, 0.05) is 17.5 Å². The number of esters is 2. The summed E-state index contributed by atoms with van der Waals surface area (Å²) >= 11 is 0. The van der Waals surface area contributed by atoms with Gasteiger partial charge in [-0.1, -0.05) is 20.8 Å². The van der Waals surface area contributed by atoms with Crippen molar-refractivity contribution in [2.75, 3.05) is 13.2 Å². The largest absolute Gasteiger partial charge is 0.461 e. The maximum atomic E-state index is 13.1. The Balaban J connectivity index is 2.49. The normalized spacial score (nSPS) is 11.6. The summed E-state index contributed by atoms with van der Waals surface area (Å²) in [4.78, 5) is 56.1. The molecule has 0 fully saturated rings. The first-order chi connectivity index (χ1) is 14.1. The van der Waals surface area contributed by atoms with E-state index in [9.17, 15) is 19.2 Å². The van der Waals surface area contributed by atoms with Crippen LogP contribution in [0.2, 0.25) is 0 Å². The van der Waals surface area contributed by atoms with Crippen LogP contribution in [0.4, 0.5) is 0 Å². The number of nitrogens with one attached hydrogen (secondary N) is 2. The lowest BCUT2D eigenvalue weighted by Gasteiger charge is -2.22. The van der Waals surface area contributed by atoms with E-state index in [0.29, 0.717) is 11.1 Å². The molecule has 0 amide bonds. The van der Waals surface area contributed by atoms with E-state index in [0.717, 1.165) is 6.07 Å². The maximum absolute atomic E-state index is 13.1. The Morgan fingerprint density at radius 1 is 0.833 bits per heavy atom. The molecule has 30 heavy (non-hydrogen) atoms. The maximum Gasteiger partial charge on any atom is 0.354 e. The number of H-pyrrole nitrogens is 2. The molecule has 8 nitrogen and oxygen atoms in total. The van der Waals surface area contributed by atoms with E-state index in [1.807, 2.05) is 20.8 Å². The minimum atomic E-state index is -0.691. The summed E-state index contributed by atoms with van der Waals surface area (Å²) in [7, 11) is 0. The lowest BCUT2D eigenvalue weighted by Crippen LogP contribution is -2.20. The average molecular weight is 412 g/mol. The molecule has 3 aromatic rings. The van der Waals surface area contributed by atoms with Crippen LogP contribution in [0.15, 0.2) is 27.8 Å². The predicted octanol–water partition coefficient (Wildman–Crippen LogP) is 3.02. The molecule has 0 bridgehead atoms. The first-order valence-corrected chi connectivity index (χ1v) is 9.70. The van der Waals surface area contributed by atoms with Crippen LogP contribution in [0.1, 0.15) is 61.2 Å². The van der Waals surface area contributed by atoms with E-state index in [1.165, 1.54) is 6.07 Å². The molecule has 2 N–H and O–H groups in total. The molecule has 0 aliphatic rings. The van der Waals surface area contributed by atoms with E-state index < -0.39 is 28.2 Å². The summed E-state index contributed by atoms with van der Waals surface area (Å²) in [5.41, 5.74) is -0.0617. The SMILES string of the molecule is CCOC(=O)c1cc(=O)c2c([nH]1)c(C(C)(C)C)cc1c(=O)cc(C(=O)OCC)[nH]c12. The lowest BCUT2D eigenvalue weighted by molar-refractivity contribution is 0.0510. The molecular weight excluding hydrogens is 388 g/mol. The minimum absolute atomic E-state index is 0.0168. The second-order valence-electron chi connectivity index (χ2n) is 7.88. The van der Waals surface area contributed by atoms with Gasteiger partial charge in [0.2, 0.25) is 0 Å². The van der Waals surface area contributed by atoms with Gasteiger partial charge in [0.1, 0.15) is 11.4 Å². The van der Waals surface area contributed by atoms with E-state index >= 15 is 0 Å². The number of pyridine rings is 2. The van der Waals surface area contributed by atoms with Crippen LogP contribution in [-0.2, 0) is 14.9 Å². The van der Waals surface area contributed by atoms with Gasteiger partial charge in [-0.05, 0) is 30.9 Å². The predicted molar refractivity (Wildman–Crippen MR) is 113 cm³/mol. The summed E-state index contributed by atoms with van der Waals surface area (Å²) in [6.45, 7) is 9.44. The fourth-order valence-corrected chi connectivity index (χ4v) is 3.37. The molecule has 8 heteroatoms. The molecule has 0 aliphatic carbocycles. The van der Waals surface area contributed by atoms with Crippen molar-refractivity contribution in [2.24, 2.45) is 0 Å². The Morgan fingerprint density at radius 3 is 1.83 bits per heavy atom.